The molecule has 148 valence electrons. The Morgan fingerprint density at radius 3 is 2.47 bits per heavy atom. The van der Waals surface area contributed by atoms with Crippen LogP contribution < -0.4 is 9.47 Å². The molecule has 6 heteroatoms. The highest BCUT2D eigenvalue weighted by molar-refractivity contribution is 6.02. The van der Waals surface area contributed by atoms with Gasteiger partial charge in [0.2, 0.25) is 5.95 Å². The molecule has 0 spiro atoms. The van der Waals surface area contributed by atoms with Gasteiger partial charge in [-0.2, -0.15) is 10.1 Å². The highest BCUT2D eigenvalue weighted by Gasteiger charge is 2.26. The van der Waals surface area contributed by atoms with Crippen LogP contribution in [0.25, 0.3) is 0 Å². The molecule has 0 aliphatic carbocycles. The Morgan fingerprint density at radius 1 is 0.867 bits per heavy atom. The molecule has 1 aromatic heterocycles. The Bertz CT molecular complexity index is 1180. The number of benzene rings is 3. The van der Waals surface area contributed by atoms with E-state index in [9.17, 15) is 0 Å². The van der Waals surface area contributed by atoms with Gasteiger partial charge < -0.3 is 9.47 Å². The number of ether oxygens (including phenoxy) is 2. The quantitative estimate of drug-likeness (QED) is 0.466. The number of methoxy groups -OCH3 is 1. The van der Waals surface area contributed by atoms with Crippen molar-refractivity contribution >= 4 is 11.7 Å². The second-order valence-corrected chi connectivity index (χ2v) is 7.00. The molecule has 1 aliphatic heterocycles. The molecule has 1 unspecified atom stereocenters. The van der Waals surface area contributed by atoms with E-state index in [1.54, 1.807) is 13.4 Å². The van der Waals surface area contributed by atoms with Crippen LogP contribution in [-0.2, 0) is 0 Å². The van der Waals surface area contributed by atoms with Crippen LogP contribution in [0, 0.1) is 0 Å². The Morgan fingerprint density at radius 2 is 1.67 bits per heavy atom. The molecule has 0 bridgehead atoms. The number of aromatic nitrogens is 3. The summed E-state index contributed by atoms with van der Waals surface area (Å²) in [6, 6.07) is 25.8. The first-order valence-corrected chi connectivity index (χ1v) is 9.74. The highest BCUT2D eigenvalue weighted by atomic mass is 16.5. The van der Waals surface area contributed by atoms with Gasteiger partial charge in [0.15, 0.2) is 0 Å². The van der Waals surface area contributed by atoms with E-state index >= 15 is 0 Å². The van der Waals surface area contributed by atoms with Crippen LogP contribution in [0.3, 0.4) is 0 Å². The topological polar surface area (TPSA) is 61.5 Å². The first-order chi connectivity index (χ1) is 14.8. The Balaban J connectivity index is 1.47. The zero-order valence-electron chi connectivity index (χ0n) is 16.5. The van der Waals surface area contributed by atoms with Gasteiger partial charge in [0.05, 0.1) is 18.9 Å². The van der Waals surface area contributed by atoms with Crippen molar-refractivity contribution in [2.45, 2.75) is 12.5 Å². The van der Waals surface area contributed by atoms with Crippen molar-refractivity contribution < 1.29 is 9.47 Å². The fourth-order valence-corrected chi connectivity index (χ4v) is 3.61. The van der Waals surface area contributed by atoms with E-state index in [0.717, 1.165) is 34.1 Å². The largest absolute Gasteiger partial charge is 0.497 e. The number of hydrogen-bond donors (Lipinski definition) is 0. The molecule has 1 atom stereocenters. The second-order valence-electron chi connectivity index (χ2n) is 7.00. The highest BCUT2D eigenvalue weighted by Crippen LogP contribution is 2.34. The van der Waals surface area contributed by atoms with Gasteiger partial charge in [0, 0.05) is 6.42 Å². The van der Waals surface area contributed by atoms with Crippen LogP contribution >= 0.6 is 0 Å². The van der Waals surface area contributed by atoms with Crippen LogP contribution in [-0.4, -0.2) is 27.6 Å². The SMILES string of the molecule is COc1ccc(C2=Nc3ncnn3C(c3cccc(Oc4ccccc4)c3)C2)cc1. The third kappa shape index (κ3) is 3.55. The molecule has 1 aliphatic rings. The number of fused-ring (bicyclic) bond motifs is 1. The maximum absolute atomic E-state index is 6.03. The molecule has 5 rings (SSSR count). The first kappa shape index (κ1) is 18.1. The number of rotatable bonds is 5. The average Bonchev–Trinajstić information content (AvgIpc) is 3.28. The summed E-state index contributed by atoms with van der Waals surface area (Å²) in [6.45, 7) is 0. The predicted molar refractivity (Wildman–Crippen MR) is 115 cm³/mol. The number of hydrogen-bond acceptors (Lipinski definition) is 5. The van der Waals surface area contributed by atoms with Crippen molar-refractivity contribution in [3.63, 3.8) is 0 Å². The zero-order chi connectivity index (χ0) is 20.3. The van der Waals surface area contributed by atoms with Crippen molar-refractivity contribution in [3.8, 4) is 17.2 Å². The summed E-state index contributed by atoms with van der Waals surface area (Å²) < 4.78 is 13.2. The molecule has 30 heavy (non-hydrogen) atoms. The van der Waals surface area contributed by atoms with Gasteiger partial charge >= 0.3 is 0 Å². The van der Waals surface area contributed by atoms with Gasteiger partial charge in [-0.3, -0.25) is 0 Å². The molecule has 0 N–H and O–H groups in total. The van der Waals surface area contributed by atoms with Gasteiger partial charge in [-0.25, -0.2) is 9.67 Å². The lowest BCUT2D eigenvalue weighted by Crippen LogP contribution is -2.21. The summed E-state index contributed by atoms with van der Waals surface area (Å²) >= 11 is 0. The molecule has 0 radical (unpaired) electrons. The van der Waals surface area contributed by atoms with E-state index in [4.69, 9.17) is 14.5 Å². The third-order valence-electron chi connectivity index (χ3n) is 5.12. The standard InChI is InChI=1S/C24H20N4O2/c1-29-19-12-10-17(11-13-19)22-15-23(28-24(27-22)25-16-26-28)18-6-5-9-21(14-18)30-20-7-3-2-4-8-20/h2-14,16,23H,15H2,1H3. The van der Waals surface area contributed by atoms with Crippen molar-refractivity contribution in [1.82, 2.24) is 14.8 Å². The maximum Gasteiger partial charge on any atom is 0.248 e. The lowest BCUT2D eigenvalue weighted by Gasteiger charge is -2.24. The molecule has 3 aromatic carbocycles. The lowest BCUT2D eigenvalue weighted by atomic mass is 9.96. The molecule has 0 amide bonds. The van der Waals surface area contributed by atoms with E-state index in [1.807, 2.05) is 71.4 Å². The fraction of sp³-hybridized carbons (Fsp3) is 0.125. The van der Waals surface area contributed by atoms with Crippen molar-refractivity contribution in [3.05, 3.63) is 96.3 Å². The average molecular weight is 396 g/mol. The molecule has 4 aromatic rings. The minimum absolute atomic E-state index is 0.0172. The van der Waals surface area contributed by atoms with Gasteiger partial charge in [0.1, 0.15) is 23.6 Å². The minimum atomic E-state index is -0.0172. The summed E-state index contributed by atoms with van der Waals surface area (Å²) in [4.78, 5) is 9.07. The van der Waals surface area contributed by atoms with Crippen LogP contribution in [0.15, 0.2) is 90.2 Å². The number of aliphatic imine (C=N–C) groups is 1. The maximum atomic E-state index is 6.03. The lowest BCUT2D eigenvalue weighted by molar-refractivity contribution is 0.415. The Hall–Kier alpha value is -3.93. The van der Waals surface area contributed by atoms with Crippen LogP contribution in [0.2, 0.25) is 0 Å². The van der Waals surface area contributed by atoms with E-state index in [1.165, 1.54) is 0 Å². The van der Waals surface area contributed by atoms with Crippen molar-refractivity contribution in [2.24, 2.45) is 4.99 Å². The smallest absolute Gasteiger partial charge is 0.248 e. The van der Waals surface area contributed by atoms with Crippen molar-refractivity contribution in [2.75, 3.05) is 7.11 Å². The zero-order valence-corrected chi connectivity index (χ0v) is 16.5. The van der Waals surface area contributed by atoms with E-state index in [0.29, 0.717) is 12.4 Å². The van der Waals surface area contributed by atoms with Gasteiger partial charge in [-0.15, -0.1) is 0 Å². The third-order valence-corrected chi connectivity index (χ3v) is 5.12. The number of para-hydroxylation sites is 1. The molecule has 2 heterocycles. The fourth-order valence-electron chi connectivity index (χ4n) is 3.61. The molecular formula is C24H20N4O2. The van der Waals surface area contributed by atoms with E-state index in [-0.39, 0.29) is 6.04 Å². The summed E-state index contributed by atoms with van der Waals surface area (Å²) in [6.07, 6.45) is 2.25. The monoisotopic (exact) mass is 396 g/mol. The van der Waals surface area contributed by atoms with Crippen LogP contribution in [0.1, 0.15) is 23.6 Å². The summed E-state index contributed by atoms with van der Waals surface area (Å²) in [5.41, 5.74) is 3.11. The van der Waals surface area contributed by atoms with Gasteiger partial charge in [-0.1, -0.05) is 30.3 Å². The summed E-state index contributed by atoms with van der Waals surface area (Å²) in [7, 11) is 1.66. The van der Waals surface area contributed by atoms with Crippen molar-refractivity contribution in [1.29, 1.82) is 0 Å². The van der Waals surface area contributed by atoms with Gasteiger partial charge in [0.25, 0.3) is 0 Å². The predicted octanol–water partition coefficient (Wildman–Crippen LogP) is 5.19. The first-order valence-electron chi connectivity index (χ1n) is 9.74. The second kappa shape index (κ2) is 7.83. The summed E-state index contributed by atoms with van der Waals surface area (Å²) in [5.74, 6) is 3.01. The molecule has 6 nitrogen and oxygen atoms in total. The molecule has 0 saturated carbocycles. The van der Waals surface area contributed by atoms with Crippen LogP contribution in [0.4, 0.5) is 5.95 Å². The molecular weight excluding hydrogens is 376 g/mol. The molecule has 0 saturated heterocycles. The normalized spacial score (nSPS) is 15.2. The minimum Gasteiger partial charge on any atom is -0.497 e. The number of nitrogens with zero attached hydrogens (tertiary/aromatic N) is 4. The Labute approximate surface area is 174 Å². The van der Waals surface area contributed by atoms with Gasteiger partial charge in [-0.05, 0) is 59.7 Å². The van der Waals surface area contributed by atoms with E-state index in [2.05, 4.69) is 22.2 Å². The van der Waals surface area contributed by atoms with Crippen LogP contribution in [0.5, 0.6) is 17.2 Å². The molecule has 0 fully saturated rings. The van der Waals surface area contributed by atoms with E-state index < -0.39 is 0 Å². The summed E-state index contributed by atoms with van der Waals surface area (Å²) in [5, 5.41) is 4.42. The Kier molecular flexibility index (Phi) is 4.73.